The number of nitrogens with one attached hydrogen (secondary N) is 2. The van der Waals surface area contributed by atoms with Gasteiger partial charge in [-0.1, -0.05) is 19.0 Å². The molecule has 0 saturated carbocycles. The second-order valence-electron chi connectivity index (χ2n) is 9.16. The Labute approximate surface area is 186 Å². The number of ether oxygens (including phenoxy) is 1. The molecule has 9 heteroatoms. The van der Waals surface area contributed by atoms with Crippen molar-refractivity contribution >= 4 is 12.1 Å². The fourth-order valence-electron chi connectivity index (χ4n) is 3.16. The number of carbonyl (C=O) groups excluding carboxylic acids is 1. The summed E-state index contributed by atoms with van der Waals surface area (Å²) in [7, 11) is 0. The van der Waals surface area contributed by atoms with E-state index in [2.05, 4.69) is 39.5 Å². The van der Waals surface area contributed by atoms with Gasteiger partial charge in [0.25, 0.3) is 0 Å². The molecular weight excluding hydrogens is 396 g/mol. The van der Waals surface area contributed by atoms with Gasteiger partial charge in [0.2, 0.25) is 0 Å². The van der Waals surface area contributed by atoms with E-state index in [4.69, 9.17) is 9.26 Å². The van der Waals surface area contributed by atoms with E-state index in [0.717, 1.165) is 56.6 Å². The second-order valence-corrected chi connectivity index (χ2v) is 9.16. The molecule has 31 heavy (non-hydrogen) atoms. The van der Waals surface area contributed by atoms with Crippen LogP contribution in [0.15, 0.2) is 15.6 Å². The van der Waals surface area contributed by atoms with Gasteiger partial charge < -0.3 is 24.8 Å². The summed E-state index contributed by atoms with van der Waals surface area (Å²) < 4.78 is 10.8. The SMILES string of the molecule is CCNC(=NCc1cc(C(C)C)no1)NCCCN1CCN(C(=O)OC(C)(C)C)CC1. The molecule has 0 spiro atoms. The lowest BCUT2D eigenvalue weighted by atomic mass is 10.1. The molecule has 0 bridgehead atoms. The summed E-state index contributed by atoms with van der Waals surface area (Å²) in [5.74, 6) is 1.89. The van der Waals surface area contributed by atoms with Crippen molar-refractivity contribution in [3.63, 3.8) is 0 Å². The average Bonchev–Trinajstić information content (AvgIpc) is 3.18. The van der Waals surface area contributed by atoms with E-state index in [-0.39, 0.29) is 6.09 Å². The molecule has 2 heterocycles. The lowest BCUT2D eigenvalue weighted by molar-refractivity contribution is 0.0145. The summed E-state index contributed by atoms with van der Waals surface area (Å²) in [6.45, 7) is 18.1. The highest BCUT2D eigenvalue weighted by Crippen LogP contribution is 2.14. The molecule has 2 rings (SSSR count). The van der Waals surface area contributed by atoms with E-state index in [9.17, 15) is 4.79 Å². The zero-order valence-electron chi connectivity index (χ0n) is 20.0. The van der Waals surface area contributed by atoms with Crippen LogP contribution in [0.3, 0.4) is 0 Å². The van der Waals surface area contributed by atoms with Crippen LogP contribution in [0, 0.1) is 0 Å². The maximum absolute atomic E-state index is 12.2. The van der Waals surface area contributed by atoms with Crippen LogP contribution in [0.25, 0.3) is 0 Å². The van der Waals surface area contributed by atoms with E-state index >= 15 is 0 Å². The van der Waals surface area contributed by atoms with Gasteiger partial charge in [0, 0.05) is 45.3 Å². The number of hydrogen-bond donors (Lipinski definition) is 2. The van der Waals surface area contributed by atoms with Crippen LogP contribution in [-0.4, -0.2) is 78.4 Å². The predicted octanol–water partition coefficient (Wildman–Crippen LogP) is 2.80. The molecule has 1 fully saturated rings. The fourth-order valence-corrected chi connectivity index (χ4v) is 3.16. The van der Waals surface area contributed by atoms with E-state index in [0.29, 0.717) is 25.6 Å². The number of aliphatic imine (C=N–C) groups is 1. The normalized spacial score (nSPS) is 16.0. The third kappa shape index (κ3) is 9.16. The van der Waals surface area contributed by atoms with Crippen molar-refractivity contribution in [3.05, 3.63) is 17.5 Å². The van der Waals surface area contributed by atoms with Crippen LogP contribution in [0.1, 0.15) is 65.3 Å². The first kappa shape index (κ1) is 25.0. The third-order valence-corrected chi connectivity index (χ3v) is 4.87. The Morgan fingerprint density at radius 3 is 2.55 bits per heavy atom. The first-order valence-electron chi connectivity index (χ1n) is 11.4. The molecule has 0 radical (unpaired) electrons. The monoisotopic (exact) mass is 436 g/mol. The molecule has 9 nitrogen and oxygen atoms in total. The number of hydrogen-bond acceptors (Lipinski definition) is 6. The Morgan fingerprint density at radius 1 is 1.26 bits per heavy atom. The maximum atomic E-state index is 12.2. The number of carbonyl (C=O) groups is 1. The van der Waals surface area contributed by atoms with Gasteiger partial charge in [-0.15, -0.1) is 0 Å². The largest absolute Gasteiger partial charge is 0.444 e. The summed E-state index contributed by atoms with van der Waals surface area (Å²) in [5, 5.41) is 10.7. The maximum Gasteiger partial charge on any atom is 0.410 e. The van der Waals surface area contributed by atoms with Gasteiger partial charge in [0.05, 0.1) is 5.69 Å². The molecule has 1 aromatic heterocycles. The molecule has 0 unspecified atom stereocenters. The molecule has 1 saturated heterocycles. The van der Waals surface area contributed by atoms with Crippen LogP contribution in [0.4, 0.5) is 4.79 Å². The highest BCUT2D eigenvalue weighted by Gasteiger charge is 2.25. The zero-order valence-corrected chi connectivity index (χ0v) is 20.0. The molecule has 0 atom stereocenters. The summed E-state index contributed by atoms with van der Waals surface area (Å²) in [5.41, 5.74) is 0.505. The van der Waals surface area contributed by atoms with Crippen LogP contribution in [0.2, 0.25) is 0 Å². The number of nitrogens with zero attached hydrogens (tertiary/aromatic N) is 4. The van der Waals surface area contributed by atoms with Gasteiger partial charge in [-0.3, -0.25) is 4.90 Å². The molecule has 1 aliphatic rings. The van der Waals surface area contributed by atoms with Gasteiger partial charge in [0.1, 0.15) is 12.1 Å². The summed E-state index contributed by atoms with van der Waals surface area (Å²) in [6, 6.07) is 1.97. The van der Waals surface area contributed by atoms with Crippen molar-refractivity contribution in [2.45, 2.75) is 66.0 Å². The van der Waals surface area contributed by atoms with Crippen molar-refractivity contribution in [1.82, 2.24) is 25.6 Å². The minimum atomic E-state index is -0.449. The van der Waals surface area contributed by atoms with Crippen molar-refractivity contribution in [2.24, 2.45) is 4.99 Å². The van der Waals surface area contributed by atoms with Crippen LogP contribution in [-0.2, 0) is 11.3 Å². The Balaban J connectivity index is 1.68. The number of rotatable bonds is 8. The summed E-state index contributed by atoms with van der Waals surface area (Å²) >= 11 is 0. The highest BCUT2D eigenvalue weighted by molar-refractivity contribution is 5.79. The molecular formula is C22H40N6O3. The zero-order chi connectivity index (χ0) is 22.9. The van der Waals surface area contributed by atoms with E-state index in [1.165, 1.54) is 0 Å². The van der Waals surface area contributed by atoms with Crippen LogP contribution in [0.5, 0.6) is 0 Å². The van der Waals surface area contributed by atoms with Crippen LogP contribution < -0.4 is 10.6 Å². The predicted molar refractivity (Wildman–Crippen MR) is 122 cm³/mol. The minimum Gasteiger partial charge on any atom is -0.444 e. The molecule has 2 N–H and O–H groups in total. The van der Waals surface area contributed by atoms with Gasteiger partial charge in [0.15, 0.2) is 11.7 Å². The minimum absolute atomic E-state index is 0.215. The van der Waals surface area contributed by atoms with E-state index in [1.54, 1.807) is 4.90 Å². The number of piperazine rings is 1. The quantitative estimate of drug-likeness (QED) is 0.367. The fraction of sp³-hybridized carbons (Fsp3) is 0.773. The number of aromatic nitrogens is 1. The number of guanidine groups is 1. The van der Waals surface area contributed by atoms with Crippen molar-refractivity contribution < 1.29 is 14.1 Å². The Hall–Kier alpha value is -2.29. The lowest BCUT2D eigenvalue weighted by Crippen LogP contribution is -2.50. The lowest BCUT2D eigenvalue weighted by Gasteiger charge is -2.35. The molecule has 1 amide bonds. The number of amides is 1. The molecule has 0 aliphatic carbocycles. The van der Waals surface area contributed by atoms with E-state index < -0.39 is 5.60 Å². The van der Waals surface area contributed by atoms with Crippen molar-refractivity contribution in [3.8, 4) is 0 Å². The standard InChI is InChI=1S/C22H40N6O3/c1-7-23-20(25-16-18-15-19(17(2)3)26-31-18)24-9-8-10-27-11-13-28(14-12-27)21(29)30-22(4,5)6/h15,17H,7-14,16H2,1-6H3,(H2,23,24,25). The molecule has 0 aromatic carbocycles. The van der Waals surface area contributed by atoms with Crippen LogP contribution >= 0.6 is 0 Å². The molecule has 176 valence electrons. The van der Waals surface area contributed by atoms with Gasteiger partial charge in [-0.25, -0.2) is 9.79 Å². The third-order valence-electron chi connectivity index (χ3n) is 4.87. The Bertz CT molecular complexity index is 702. The van der Waals surface area contributed by atoms with Gasteiger partial charge in [-0.05, 0) is 46.6 Å². The summed E-state index contributed by atoms with van der Waals surface area (Å²) in [4.78, 5) is 20.9. The van der Waals surface area contributed by atoms with Gasteiger partial charge >= 0.3 is 6.09 Å². The summed E-state index contributed by atoms with van der Waals surface area (Å²) in [6.07, 6.45) is 0.781. The second kappa shape index (κ2) is 11.9. The Morgan fingerprint density at radius 2 is 1.97 bits per heavy atom. The first-order valence-corrected chi connectivity index (χ1v) is 11.4. The van der Waals surface area contributed by atoms with E-state index in [1.807, 2.05) is 33.8 Å². The molecule has 1 aliphatic heterocycles. The topological polar surface area (TPSA) is 95.2 Å². The van der Waals surface area contributed by atoms with Gasteiger partial charge in [-0.2, -0.15) is 0 Å². The Kier molecular flexibility index (Phi) is 9.61. The average molecular weight is 437 g/mol. The first-order chi connectivity index (χ1) is 14.7. The molecule has 1 aromatic rings. The van der Waals surface area contributed by atoms with Crippen molar-refractivity contribution in [1.29, 1.82) is 0 Å². The smallest absolute Gasteiger partial charge is 0.410 e. The van der Waals surface area contributed by atoms with Crippen molar-refractivity contribution in [2.75, 3.05) is 45.8 Å². The highest BCUT2D eigenvalue weighted by atomic mass is 16.6.